The maximum atomic E-state index is 10.4. The second-order valence-electron chi connectivity index (χ2n) is 2.82. The molecule has 0 aromatic heterocycles. The molecule has 0 spiro atoms. The fourth-order valence-corrected chi connectivity index (χ4v) is 1.40. The van der Waals surface area contributed by atoms with Crippen molar-refractivity contribution in [2.45, 2.75) is 12.7 Å². The third-order valence-corrected chi connectivity index (χ3v) is 1.89. The van der Waals surface area contributed by atoms with Crippen molar-refractivity contribution in [3.63, 3.8) is 0 Å². The first-order chi connectivity index (χ1) is 6.81. The van der Waals surface area contributed by atoms with E-state index >= 15 is 0 Å². The van der Waals surface area contributed by atoms with Gasteiger partial charge in [0, 0.05) is 6.92 Å². The Hall–Kier alpha value is -1.40. The summed E-state index contributed by atoms with van der Waals surface area (Å²) in [6.07, 6.45) is 0. The van der Waals surface area contributed by atoms with E-state index in [-0.39, 0.29) is 11.7 Å². The van der Waals surface area contributed by atoms with Crippen LogP contribution in [0.15, 0.2) is 30.3 Å². The number of amides is 1. The average Bonchev–Trinajstić information content (AvgIpc) is 2.01. The number of rotatable bonds is 2. The summed E-state index contributed by atoms with van der Waals surface area (Å²) >= 11 is 0. The Bertz CT molecular complexity index is 395. The zero-order valence-corrected chi connectivity index (χ0v) is 9.07. The highest BCUT2D eigenvalue weighted by Crippen LogP contribution is 2.02. The van der Waals surface area contributed by atoms with Crippen LogP contribution >= 0.6 is 0 Å². The summed E-state index contributed by atoms with van der Waals surface area (Å²) in [5.41, 5.74) is 5.06. The zero-order chi connectivity index (χ0) is 11.9. The van der Waals surface area contributed by atoms with E-state index in [4.69, 9.17) is 4.55 Å². The fourth-order valence-electron chi connectivity index (χ4n) is 0.785. The van der Waals surface area contributed by atoms with E-state index in [0.717, 1.165) is 0 Å². The van der Waals surface area contributed by atoms with Gasteiger partial charge in [0.15, 0.2) is 0 Å². The molecule has 5 nitrogen and oxygen atoms in total. The topological polar surface area (TPSA) is 97.5 Å². The Balaban J connectivity index is 0.000000423. The van der Waals surface area contributed by atoms with Crippen LogP contribution in [0.4, 0.5) is 0 Å². The van der Waals surface area contributed by atoms with Crippen molar-refractivity contribution >= 4 is 16.0 Å². The lowest BCUT2D eigenvalue weighted by Crippen LogP contribution is -2.01. The predicted molar refractivity (Wildman–Crippen MR) is 56.6 cm³/mol. The number of primary amides is 1. The van der Waals surface area contributed by atoms with E-state index in [1.165, 1.54) is 6.92 Å². The van der Waals surface area contributed by atoms with Gasteiger partial charge in [-0.2, -0.15) is 8.42 Å². The molecule has 6 heteroatoms. The zero-order valence-electron chi connectivity index (χ0n) is 8.25. The number of carbonyl (C=O) groups excluding carboxylic acids is 1. The summed E-state index contributed by atoms with van der Waals surface area (Å²) in [5.74, 6) is -0.645. The molecule has 1 aromatic carbocycles. The normalized spacial score (nSPS) is 10.0. The summed E-state index contributed by atoms with van der Waals surface area (Å²) in [5, 5.41) is 0. The van der Waals surface area contributed by atoms with Gasteiger partial charge in [-0.15, -0.1) is 0 Å². The summed E-state index contributed by atoms with van der Waals surface area (Å²) in [6, 6.07) is 8.52. The molecule has 1 rings (SSSR count). The monoisotopic (exact) mass is 231 g/mol. The van der Waals surface area contributed by atoms with E-state index < -0.39 is 10.1 Å². The first-order valence-electron chi connectivity index (χ1n) is 4.06. The Morgan fingerprint density at radius 1 is 1.33 bits per heavy atom. The van der Waals surface area contributed by atoms with Crippen LogP contribution < -0.4 is 5.73 Å². The SMILES string of the molecule is CC(N)=O.O=S(=O)(O)Cc1ccccc1. The standard InChI is InChI=1S/C7H8O3S.C2H5NO/c8-11(9,10)6-7-4-2-1-3-5-7;1-2(3)4/h1-5H,6H2,(H,8,9,10);1H3,(H2,3,4). The highest BCUT2D eigenvalue weighted by Gasteiger charge is 2.04. The Morgan fingerprint density at radius 2 is 1.73 bits per heavy atom. The maximum absolute atomic E-state index is 10.4. The molecule has 1 amide bonds. The van der Waals surface area contributed by atoms with E-state index in [1.807, 2.05) is 0 Å². The highest BCUT2D eigenvalue weighted by atomic mass is 32.2. The lowest BCUT2D eigenvalue weighted by atomic mass is 10.2. The molecule has 3 N–H and O–H groups in total. The van der Waals surface area contributed by atoms with Crippen molar-refractivity contribution in [3.05, 3.63) is 35.9 Å². The third kappa shape index (κ3) is 10.5. The smallest absolute Gasteiger partial charge is 0.269 e. The molecule has 15 heavy (non-hydrogen) atoms. The van der Waals surface area contributed by atoms with Crippen molar-refractivity contribution in [1.29, 1.82) is 0 Å². The summed E-state index contributed by atoms with van der Waals surface area (Å²) in [6.45, 7) is 1.31. The van der Waals surface area contributed by atoms with Crippen LogP contribution in [0.2, 0.25) is 0 Å². The van der Waals surface area contributed by atoms with Crippen molar-refractivity contribution in [2.75, 3.05) is 0 Å². The minimum Gasteiger partial charge on any atom is -0.370 e. The van der Waals surface area contributed by atoms with Crippen molar-refractivity contribution < 1.29 is 17.8 Å². The van der Waals surface area contributed by atoms with Gasteiger partial charge in [-0.25, -0.2) is 0 Å². The number of hydrogen-bond donors (Lipinski definition) is 2. The van der Waals surface area contributed by atoms with Crippen LogP contribution in [-0.2, 0) is 20.7 Å². The number of hydrogen-bond acceptors (Lipinski definition) is 3. The van der Waals surface area contributed by atoms with E-state index in [9.17, 15) is 13.2 Å². The minimum atomic E-state index is -3.88. The van der Waals surface area contributed by atoms with E-state index in [1.54, 1.807) is 30.3 Å². The molecule has 0 heterocycles. The summed E-state index contributed by atoms with van der Waals surface area (Å²) < 4.78 is 29.2. The van der Waals surface area contributed by atoms with Gasteiger partial charge in [0.1, 0.15) is 5.75 Å². The molecule has 0 aliphatic heterocycles. The Morgan fingerprint density at radius 3 is 2.07 bits per heavy atom. The highest BCUT2D eigenvalue weighted by molar-refractivity contribution is 7.85. The molecule has 0 radical (unpaired) electrons. The van der Waals surface area contributed by atoms with Crippen LogP contribution in [0.3, 0.4) is 0 Å². The molecule has 0 saturated heterocycles. The summed E-state index contributed by atoms with van der Waals surface area (Å²) in [4.78, 5) is 9.22. The number of nitrogens with two attached hydrogens (primary N) is 1. The molecule has 0 unspecified atom stereocenters. The van der Waals surface area contributed by atoms with Crippen molar-refractivity contribution in [1.82, 2.24) is 0 Å². The van der Waals surface area contributed by atoms with Crippen LogP contribution in [-0.4, -0.2) is 18.9 Å². The molecular weight excluding hydrogens is 218 g/mol. The predicted octanol–water partition coefficient (Wildman–Crippen LogP) is 0.566. The Kier molecular flexibility index (Phi) is 5.58. The van der Waals surface area contributed by atoms with Gasteiger partial charge in [-0.05, 0) is 5.56 Å². The second kappa shape index (κ2) is 6.15. The quantitative estimate of drug-likeness (QED) is 0.727. The van der Waals surface area contributed by atoms with Crippen LogP contribution in [0.25, 0.3) is 0 Å². The van der Waals surface area contributed by atoms with Crippen LogP contribution in [0.1, 0.15) is 12.5 Å². The van der Waals surface area contributed by atoms with Gasteiger partial charge in [-0.1, -0.05) is 30.3 Å². The van der Waals surface area contributed by atoms with Gasteiger partial charge in [0.05, 0.1) is 0 Å². The van der Waals surface area contributed by atoms with Crippen LogP contribution in [0, 0.1) is 0 Å². The Labute approximate surface area is 88.7 Å². The lowest BCUT2D eigenvalue weighted by molar-refractivity contribution is -0.115. The van der Waals surface area contributed by atoms with E-state index in [0.29, 0.717) is 5.56 Å². The molecule has 0 fully saturated rings. The average molecular weight is 231 g/mol. The molecule has 0 aliphatic rings. The van der Waals surface area contributed by atoms with Gasteiger partial charge in [-0.3, -0.25) is 9.35 Å². The maximum Gasteiger partial charge on any atom is 0.269 e. The fraction of sp³-hybridized carbons (Fsp3) is 0.222. The van der Waals surface area contributed by atoms with Gasteiger partial charge in [0.2, 0.25) is 5.91 Å². The molecule has 0 atom stereocenters. The lowest BCUT2D eigenvalue weighted by Gasteiger charge is -1.95. The number of benzene rings is 1. The van der Waals surface area contributed by atoms with Gasteiger partial charge >= 0.3 is 0 Å². The molecule has 0 aliphatic carbocycles. The molecular formula is C9H13NO4S. The first kappa shape index (κ1) is 13.6. The van der Waals surface area contributed by atoms with Crippen LogP contribution in [0.5, 0.6) is 0 Å². The molecule has 0 saturated carbocycles. The second-order valence-corrected chi connectivity index (χ2v) is 4.28. The largest absolute Gasteiger partial charge is 0.370 e. The number of carbonyl (C=O) groups is 1. The van der Waals surface area contributed by atoms with Gasteiger partial charge in [0.25, 0.3) is 10.1 Å². The van der Waals surface area contributed by atoms with Gasteiger partial charge < -0.3 is 5.73 Å². The summed E-state index contributed by atoms with van der Waals surface area (Å²) in [7, 11) is -3.88. The molecule has 1 aromatic rings. The van der Waals surface area contributed by atoms with Crippen molar-refractivity contribution in [3.8, 4) is 0 Å². The van der Waals surface area contributed by atoms with E-state index in [2.05, 4.69) is 5.73 Å². The first-order valence-corrected chi connectivity index (χ1v) is 5.67. The third-order valence-electron chi connectivity index (χ3n) is 1.19. The molecule has 0 bridgehead atoms. The molecule has 84 valence electrons. The van der Waals surface area contributed by atoms with Crippen molar-refractivity contribution in [2.24, 2.45) is 5.73 Å². The minimum absolute atomic E-state index is 0.312.